The van der Waals surface area contributed by atoms with E-state index in [0.29, 0.717) is 12.1 Å². The lowest BCUT2D eigenvalue weighted by atomic mass is 10.1. The van der Waals surface area contributed by atoms with Crippen LogP contribution in [0.3, 0.4) is 0 Å². The number of hydrazone groups is 1. The van der Waals surface area contributed by atoms with Gasteiger partial charge in [-0.25, -0.2) is 0 Å². The molecule has 0 amide bonds. The Bertz CT molecular complexity index is 835. The van der Waals surface area contributed by atoms with Crippen LogP contribution in [-0.4, -0.2) is 22.7 Å². The van der Waals surface area contributed by atoms with Crippen molar-refractivity contribution < 1.29 is 14.6 Å². The Balaban J connectivity index is 2.20. The third-order valence-electron chi connectivity index (χ3n) is 3.39. The van der Waals surface area contributed by atoms with Crippen LogP contribution in [-0.2, 0) is 6.42 Å². The largest absolute Gasteiger partial charge is 0.496 e. The highest BCUT2D eigenvalue weighted by Gasteiger charge is 2.19. The number of non-ortho nitro benzene ring substituents is 1. The lowest BCUT2D eigenvalue weighted by Gasteiger charge is -2.08. The average Bonchev–Trinajstić information content (AvgIpc) is 2.60. The number of ether oxygens (including phenoxy) is 1. The number of rotatable bonds is 7. The topological polar surface area (TPSA) is 120 Å². The van der Waals surface area contributed by atoms with Crippen molar-refractivity contribution in [3.8, 4) is 5.75 Å². The van der Waals surface area contributed by atoms with E-state index in [1.54, 1.807) is 14.0 Å². The molecule has 0 saturated heterocycles. The van der Waals surface area contributed by atoms with Crippen LogP contribution >= 0.6 is 0 Å². The summed E-state index contributed by atoms with van der Waals surface area (Å²) in [7, 11) is 1.57. The molecule has 0 aliphatic rings. The molecule has 0 unspecified atom stereocenters. The molecule has 25 heavy (non-hydrogen) atoms. The summed E-state index contributed by atoms with van der Waals surface area (Å²) in [4.78, 5) is 20.5. The first-order chi connectivity index (χ1) is 11.9. The molecule has 9 heteroatoms. The van der Waals surface area contributed by atoms with Gasteiger partial charge in [-0.2, -0.15) is 5.10 Å². The van der Waals surface area contributed by atoms with Gasteiger partial charge in [0.05, 0.1) is 23.0 Å². The maximum atomic E-state index is 11.1. The van der Waals surface area contributed by atoms with Gasteiger partial charge in [-0.15, -0.1) is 0 Å². The quantitative estimate of drug-likeness (QED) is 0.466. The predicted octanol–water partition coefficient (Wildman–Crippen LogP) is 3.54. The van der Waals surface area contributed by atoms with Crippen LogP contribution in [0.5, 0.6) is 5.75 Å². The highest BCUT2D eigenvalue weighted by atomic mass is 16.6. The first kappa shape index (κ1) is 17.9. The molecule has 0 radical (unpaired) electrons. The zero-order chi connectivity index (χ0) is 18.4. The van der Waals surface area contributed by atoms with Crippen molar-refractivity contribution >= 4 is 22.8 Å². The van der Waals surface area contributed by atoms with Gasteiger partial charge in [0.1, 0.15) is 11.4 Å². The van der Waals surface area contributed by atoms with E-state index in [2.05, 4.69) is 10.5 Å². The van der Waals surface area contributed by atoms with Gasteiger partial charge in [-0.3, -0.25) is 25.7 Å². The minimum atomic E-state index is -0.694. The van der Waals surface area contributed by atoms with E-state index in [9.17, 15) is 20.2 Å². The van der Waals surface area contributed by atoms with Crippen LogP contribution in [0.1, 0.15) is 12.5 Å². The number of para-hydroxylation sites is 1. The highest BCUT2D eigenvalue weighted by Crippen LogP contribution is 2.29. The fourth-order valence-electron chi connectivity index (χ4n) is 2.20. The van der Waals surface area contributed by atoms with Gasteiger partial charge in [0.25, 0.3) is 5.69 Å². The molecule has 0 heterocycles. The zero-order valence-electron chi connectivity index (χ0n) is 13.6. The molecular weight excluding hydrogens is 328 g/mol. The number of benzene rings is 2. The molecule has 0 aliphatic carbocycles. The van der Waals surface area contributed by atoms with Crippen molar-refractivity contribution in [2.24, 2.45) is 5.10 Å². The van der Waals surface area contributed by atoms with Gasteiger partial charge in [0.15, 0.2) is 0 Å². The standard InChI is InChI=1S/C16H16N4O5/c1-11(9-12-5-3-4-6-16(12)25-2)17-18-14-8-7-13(19(21)22)10-15(14)20(23)24/h3-8,10,18H,9H2,1-2H3/b17-11-. The lowest BCUT2D eigenvalue weighted by Crippen LogP contribution is -2.04. The molecule has 0 atom stereocenters. The summed E-state index contributed by atoms with van der Waals surface area (Å²) >= 11 is 0. The number of anilines is 1. The number of nitrogens with one attached hydrogen (secondary N) is 1. The number of hydrogen-bond donors (Lipinski definition) is 1. The van der Waals surface area contributed by atoms with Crippen LogP contribution in [0.25, 0.3) is 0 Å². The number of hydrogen-bond acceptors (Lipinski definition) is 7. The first-order valence-corrected chi connectivity index (χ1v) is 7.26. The van der Waals surface area contributed by atoms with Crippen LogP contribution < -0.4 is 10.2 Å². The first-order valence-electron chi connectivity index (χ1n) is 7.26. The van der Waals surface area contributed by atoms with E-state index in [0.717, 1.165) is 17.4 Å². The van der Waals surface area contributed by atoms with Crippen LogP contribution in [0.4, 0.5) is 17.1 Å². The molecule has 1 N–H and O–H groups in total. The molecule has 0 aromatic heterocycles. The van der Waals surface area contributed by atoms with Gasteiger partial charge >= 0.3 is 5.69 Å². The molecule has 2 aromatic carbocycles. The monoisotopic (exact) mass is 344 g/mol. The van der Waals surface area contributed by atoms with Crippen molar-refractivity contribution in [3.05, 3.63) is 68.3 Å². The average molecular weight is 344 g/mol. The van der Waals surface area contributed by atoms with E-state index < -0.39 is 15.5 Å². The molecule has 9 nitrogen and oxygen atoms in total. The Morgan fingerprint density at radius 3 is 2.52 bits per heavy atom. The molecule has 130 valence electrons. The Kier molecular flexibility index (Phi) is 5.62. The maximum Gasteiger partial charge on any atom is 0.301 e. The minimum absolute atomic E-state index is 0.0787. The second-order valence-corrected chi connectivity index (χ2v) is 5.16. The molecule has 0 bridgehead atoms. The second kappa shape index (κ2) is 7.86. The van der Waals surface area contributed by atoms with Crippen molar-refractivity contribution in [1.82, 2.24) is 0 Å². The van der Waals surface area contributed by atoms with Crippen LogP contribution in [0.2, 0.25) is 0 Å². The van der Waals surface area contributed by atoms with Gasteiger partial charge in [0, 0.05) is 18.2 Å². The summed E-state index contributed by atoms with van der Waals surface area (Å²) < 4.78 is 5.27. The molecule has 0 fully saturated rings. The van der Waals surface area contributed by atoms with E-state index in [1.807, 2.05) is 24.3 Å². The summed E-state index contributed by atoms with van der Waals surface area (Å²) in [5.74, 6) is 0.721. The minimum Gasteiger partial charge on any atom is -0.496 e. The van der Waals surface area contributed by atoms with Gasteiger partial charge < -0.3 is 4.74 Å². The Hall–Kier alpha value is -3.49. The third kappa shape index (κ3) is 4.50. The SMILES string of the molecule is COc1ccccc1C/C(C)=N\Nc1ccc([N+](=O)[O-])cc1[N+](=O)[O-]. The lowest BCUT2D eigenvalue weighted by molar-refractivity contribution is -0.393. The van der Waals surface area contributed by atoms with E-state index in [-0.39, 0.29) is 11.4 Å². The molecule has 0 saturated carbocycles. The van der Waals surface area contributed by atoms with Crippen molar-refractivity contribution in [1.29, 1.82) is 0 Å². The third-order valence-corrected chi connectivity index (χ3v) is 3.39. The summed E-state index contributed by atoms with van der Waals surface area (Å²) in [6.45, 7) is 1.76. The number of nitro groups is 2. The maximum absolute atomic E-state index is 11.1. The predicted molar refractivity (Wildman–Crippen MR) is 93.2 cm³/mol. The highest BCUT2D eigenvalue weighted by molar-refractivity contribution is 5.85. The van der Waals surface area contributed by atoms with Crippen LogP contribution in [0.15, 0.2) is 47.6 Å². The normalized spacial score (nSPS) is 11.0. The van der Waals surface area contributed by atoms with E-state index in [4.69, 9.17) is 4.74 Å². The van der Waals surface area contributed by atoms with Crippen molar-refractivity contribution in [3.63, 3.8) is 0 Å². The smallest absolute Gasteiger partial charge is 0.301 e. The van der Waals surface area contributed by atoms with Crippen molar-refractivity contribution in [2.45, 2.75) is 13.3 Å². The fraction of sp³-hybridized carbons (Fsp3) is 0.188. The molecule has 2 aromatic rings. The number of methoxy groups -OCH3 is 1. The summed E-state index contributed by atoms with van der Waals surface area (Å²) in [6, 6.07) is 10.8. The Morgan fingerprint density at radius 1 is 1.16 bits per heavy atom. The van der Waals surface area contributed by atoms with Gasteiger partial charge in [-0.05, 0) is 24.6 Å². The van der Waals surface area contributed by atoms with Gasteiger partial charge in [0.2, 0.25) is 0 Å². The zero-order valence-corrected chi connectivity index (χ0v) is 13.6. The summed E-state index contributed by atoms with van der Waals surface area (Å²) in [5, 5.41) is 26.0. The molecule has 2 rings (SSSR count). The number of nitrogens with zero attached hydrogens (tertiary/aromatic N) is 3. The van der Waals surface area contributed by atoms with Gasteiger partial charge in [-0.1, -0.05) is 18.2 Å². The molecule has 0 aliphatic heterocycles. The van der Waals surface area contributed by atoms with E-state index in [1.165, 1.54) is 12.1 Å². The Morgan fingerprint density at radius 2 is 1.88 bits per heavy atom. The Labute approximate surface area is 143 Å². The molecular formula is C16H16N4O5. The summed E-state index contributed by atoms with van der Waals surface area (Å²) in [5.41, 5.74) is 3.50. The van der Waals surface area contributed by atoms with E-state index >= 15 is 0 Å². The second-order valence-electron chi connectivity index (χ2n) is 5.16. The fourth-order valence-corrected chi connectivity index (χ4v) is 2.20. The number of nitro benzene ring substituents is 2. The van der Waals surface area contributed by atoms with Crippen LogP contribution in [0, 0.1) is 20.2 Å². The van der Waals surface area contributed by atoms with Crippen molar-refractivity contribution in [2.75, 3.05) is 12.5 Å². The summed E-state index contributed by atoms with van der Waals surface area (Å²) in [6.07, 6.45) is 0.484. The molecule has 0 spiro atoms.